The van der Waals surface area contributed by atoms with E-state index in [-0.39, 0.29) is 29.2 Å². The molecule has 2 aromatic carbocycles. The van der Waals surface area contributed by atoms with Crippen molar-refractivity contribution in [3.05, 3.63) is 53.6 Å². The van der Waals surface area contributed by atoms with Crippen molar-refractivity contribution in [2.45, 2.75) is 75.4 Å². The third-order valence-electron chi connectivity index (χ3n) is 8.81. The zero-order chi connectivity index (χ0) is 30.0. The molecule has 0 radical (unpaired) electrons. The predicted octanol–water partition coefficient (Wildman–Crippen LogP) is 4.58. The minimum absolute atomic E-state index is 0.127. The Morgan fingerprint density at radius 3 is 2.40 bits per heavy atom. The molecule has 9 nitrogen and oxygen atoms in total. The van der Waals surface area contributed by atoms with Gasteiger partial charge in [0.05, 0.1) is 24.5 Å². The topological polar surface area (TPSA) is 117 Å². The fraction of sp³-hybridized carbons (Fsp3) is 0.531. The third kappa shape index (κ3) is 5.56. The first-order chi connectivity index (χ1) is 20.2. The van der Waals surface area contributed by atoms with E-state index in [1.54, 1.807) is 29.2 Å². The maximum Gasteiger partial charge on any atom is 0.250 e. The summed E-state index contributed by atoms with van der Waals surface area (Å²) in [6, 6.07) is 12.1. The number of likely N-dealkylation sites (tertiary alicyclic amines) is 1. The minimum Gasteiger partial charge on any atom is -0.494 e. The summed E-state index contributed by atoms with van der Waals surface area (Å²) in [7, 11) is 0. The van der Waals surface area contributed by atoms with Crippen molar-refractivity contribution in [3.63, 3.8) is 0 Å². The highest BCUT2D eigenvalue weighted by molar-refractivity contribution is 9.09. The summed E-state index contributed by atoms with van der Waals surface area (Å²) < 4.78 is 12.1. The molecule has 3 heterocycles. The van der Waals surface area contributed by atoms with Crippen LogP contribution >= 0.6 is 15.9 Å². The van der Waals surface area contributed by atoms with Gasteiger partial charge in [-0.25, -0.2) is 0 Å². The quantitative estimate of drug-likeness (QED) is 0.231. The summed E-state index contributed by atoms with van der Waals surface area (Å²) >= 11 is 3.73. The van der Waals surface area contributed by atoms with E-state index in [1.165, 1.54) is 0 Å². The Kier molecular flexibility index (Phi) is 9.25. The molecule has 0 aromatic heterocycles. The third-order valence-corrected chi connectivity index (χ3v) is 9.65. The lowest BCUT2D eigenvalue weighted by Gasteiger charge is -2.34. The molecule has 3 unspecified atom stereocenters. The van der Waals surface area contributed by atoms with Gasteiger partial charge in [0, 0.05) is 29.4 Å². The second-order valence-electron chi connectivity index (χ2n) is 11.5. The molecule has 226 valence electrons. The number of anilines is 2. The van der Waals surface area contributed by atoms with E-state index in [4.69, 9.17) is 14.6 Å². The number of alkyl halides is 1. The van der Waals surface area contributed by atoms with Gasteiger partial charge in [0.1, 0.15) is 17.4 Å². The fourth-order valence-corrected chi connectivity index (χ4v) is 7.89. The van der Waals surface area contributed by atoms with Crippen LogP contribution in [-0.4, -0.2) is 70.1 Å². The van der Waals surface area contributed by atoms with Gasteiger partial charge in [0.15, 0.2) is 0 Å². The van der Waals surface area contributed by atoms with E-state index in [9.17, 15) is 14.4 Å². The molecule has 3 N–H and O–H groups in total. The Labute approximate surface area is 255 Å². The van der Waals surface area contributed by atoms with Crippen molar-refractivity contribution in [2.75, 3.05) is 30.4 Å². The number of aryl methyl sites for hydroxylation is 2. The number of para-hydroxylation sites is 1. The molecule has 2 bridgehead atoms. The van der Waals surface area contributed by atoms with Crippen molar-refractivity contribution in [3.8, 4) is 5.75 Å². The standard InChI is InChI=1S/C32H40BrN3O6/c1-4-41-22-14-12-21(13-15-22)34-29(38)24-25-31(40)36(16-7-5-6-8-17-37)28(32(25)18-23(33)27(24)42-32)30(39)35-26-19(2)10-9-11-20(26)3/h9-15,23-25,27-28,37H,4-8,16-18H2,1-3H3,(H,34,38)(H,35,39)/t23?,24-,25-,27-,28?,32?/m0/s1. The highest BCUT2D eigenvalue weighted by Crippen LogP contribution is 2.60. The molecule has 1 spiro atoms. The lowest BCUT2D eigenvalue weighted by Crippen LogP contribution is -2.54. The Morgan fingerprint density at radius 2 is 1.74 bits per heavy atom. The maximum atomic E-state index is 14.2. The van der Waals surface area contributed by atoms with Gasteiger partial charge < -0.3 is 30.1 Å². The van der Waals surface area contributed by atoms with Gasteiger partial charge in [-0.1, -0.05) is 47.0 Å². The zero-order valence-electron chi connectivity index (χ0n) is 24.4. The van der Waals surface area contributed by atoms with Gasteiger partial charge in [-0.05, 0) is 75.4 Å². The van der Waals surface area contributed by atoms with Crippen LogP contribution in [0.1, 0.15) is 50.2 Å². The van der Waals surface area contributed by atoms with E-state index in [0.29, 0.717) is 43.9 Å². The average molecular weight is 643 g/mol. The molecule has 3 aliphatic heterocycles. The van der Waals surface area contributed by atoms with Crippen LogP contribution in [0.25, 0.3) is 0 Å². The van der Waals surface area contributed by atoms with Crippen molar-refractivity contribution < 1.29 is 29.0 Å². The van der Waals surface area contributed by atoms with Crippen LogP contribution in [0.5, 0.6) is 5.75 Å². The molecule has 0 saturated carbocycles. The van der Waals surface area contributed by atoms with Gasteiger partial charge in [-0.15, -0.1) is 0 Å². The Balaban J connectivity index is 1.44. The summed E-state index contributed by atoms with van der Waals surface area (Å²) in [5.74, 6) is -1.63. The van der Waals surface area contributed by atoms with Gasteiger partial charge in [-0.3, -0.25) is 14.4 Å². The first kappa shape index (κ1) is 30.5. The summed E-state index contributed by atoms with van der Waals surface area (Å²) in [6.45, 7) is 6.83. The number of unbranched alkanes of at least 4 members (excludes halogenated alkanes) is 3. The number of ether oxygens (including phenoxy) is 2. The second-order valence-corrected chi connectivity index (χ2v) is 12.7. The van der Waals surface area contributed by atoms with Gasteiger partial charge in [0.25, 0.3) is 0 Å². The first-order valence-electron chi connectivity index (χ1n) is 14.9. The Bertz CT molecular complexity index is 1300. The number of fused-ring (bicyclic) bond motifs is 1. The number of aliphatic hydroxyl groups is 1. The molecule has 2 aromatic rings. The predicted molar refractivity (Wildman–Crippen MR) is 164 cm³/mol. The Hall–Kier alpha value is -2.95. The highest BCUT2D eigenvalue weighted by Gasteiger charge is 2.76. The number of carbonyl (C=O) groups excluding carboxylic acids is 3. The number of amides is 3. The number of benzene rings is 2. The van der Waals surface area contributed by atoms with Crippen molar-refractivity contribution in [2.24, 2.45) is 11.8 Å². The number of hydrogen-bond donors (Lipinski definition) is 3. The summed E-state index contributed by atoms with van der Waals surface area (Å²) in [6.07, 6.45) is 2.95. The lowest BCUT2D eigenvalue weighted by atomic mass is 9.70. The maximum absolute atomic E-state index is 14.2. The van der Waals surface area contributed by atoms with Crippen LogP contribution in [0.4, 0.5) is 11.4 Å². The van der Waals surface area contributed by atoms with Crippen LogP contribution in [0.15, 0.2) is 42.5 Å². The largest absolute Gasteiger partial charge is 0.494 e. The fourth-order valence-electron chi connectivity index (χ4n) is 6.95. The summed E-state index contributed by atoms with van der Waals surface area (Å²) in [5, 5.41) is 15.3. The van der Waals surface area contributed by atoms with Gasteiger partial charge in [-0.2, -0.15) is 0 Å². The van der Waals surface area contributed by atoms with Gasteiger partial charge >= 0.3 is 0 Å². The van der Waals surface area contributed by atoms with Crippen LogP contribution in [0, 0.1) is 25.7 Å². The van der Waals surface area contributed by atoms with Crippen LogP contribution < -0.4 is 15.4 Å². The molecule has 6 atom stereocenters. The van der Waals surface area contributed by atoms with Crippen molar-refractivity contribution in [1.29, 1.82) is 0 Å². The van der Waals surface area contributed by atoms with E-state index in [2.05, 4.69) is 26.6 Å². The van der Waals surface area contributed by atoms with Gasteiger partial charge in [0.2, 0.25) is 17.7 Å². The van der Waals surface area contributed by atoms with E-state index >= 15 is 0 Å². The second kappa shape index (κ2) is 12.7. The van der Waals surface area contributed by atoms with E-state index < -0.39 is 29.6 Å². The molecular formula is C32H40BrN3O6. The van der Waals surface area contributed by atoms with E-state index in [1.807, 2.05) is 39.0 Å². The van der Waals surface area contributed by atoms with Crippen LogP contribution in [0.2, 0.25) is 0 Å². The lowest BCUT2D eigenvalue weighted by molar-refractivity contribution is -0.139. The number of aliphatic hydroxyl groups excluding tert-OH is 1. The number of halogens is 1. The number of carbonyl (C=O) groups is 3. The van der Waals surface area contributed by atoms with Crippen LogP contribution in [-0.2, 0) is 19.1 Å². The number of nitrogens with one attached hydrogen (secondary N) is 2. The smallest absolute Gasteiger partial charge is 0.250 e. The molecule has 3 saturated heterocycles. The minimum atomic E-state index is -1.12. The molecule has 0 aliphatic carbocycles. The highest BCUT2D eigenvalue weighted by atomic mass is 79.9. The molecule has 5 rings (SSSR count). The molecule has 42 heavy (non-hydrogen) atoms. The normalized spacial score (nSPS) is 27.7. The van der Waals surface area contributed by atoms with E-state index in [0.717, 1.165) is 29.7 Å². The van der Waals surface area contributed by atoms with Crippen molar-refractivity contribution in [1.82, 2.24) is 4.90 Å². The SMILES string of the molecule is CCOc1ccc(NC(=O)[C@H]2[C@H]3C(=O)N(CCCCCCO)C(C(=O)Nc4c(C)cccc4C)C34CC(Br)[C@@H]2O4)cc1. The van der Waals surface area contributed by atoms with Crippen LogP contribution in [0.3, 0.4) is 0 Å². The molecule has 10 heteroatoms. The average Bonchev–Trinajstić information content (AvgIpc) is 3.55. The Morgan fingerprint density at radius 1 is 1.05 bits per heavy atom. The molecular weight excluding hydrogens is 602 g/mol. The zero-order valence-corrected chi connectivity index (χ0v) is 26.0. The molecule has 3 aliphatic rings. The number of nitrogens with zero attached hydrogens (tertiary/aromatic N) is 1. The number of hydrogen-bond acceptors (Lipinski definition) is 6. The monoisotopic (exact) mass is 641 g/mol. The summed E-state index contributed by atoms with van der Waals surface area (Å²) in [5.41, 5.74) is 2.06. The summed E-state index contributed by atoms with van der Waals surface area (Å²) in [4.78, 5) is 43.6. The first-order valence-corrected chi connectivity index (χ1v) is 15.8. The number of rotatable bonds is 12. The molecule has 3 fully saturated rings. The molecule has 3 amide bonds. The van der Waals surface area contributed by atoms with Crippen molar-refractivity contribution >= 4 is 45.0 Å².